The highest BCUT2D eigenvalue weighted by Gasteiger charge is 2.20. The number of amides is 1. The summed E-state index contributed by atoms with van der Waals surface area (Å²) >= 11 is 6.19. The van der Waals surface area contributed by atoms with Crippen molar-refractivity contribution in [2.75, 3.05) is 25.1 Å². The number of benzene rings is 2. The number of halogens is 3. The summed E-state index contributed by atoms with van der Waals surface area (Å²) in [6, 6.07) is 6.86. The number of fused-ring (bicyclic) bond motifs is 2. The molecule has 2 heterocycles. The van der Waals surface area contributed by atoms with Crippen molar-refractivity contribution in [1.82, 2.24) is 5.32 Å². The first-order valence-corrected chi connectivity index (χ1v) is 8.88. The van der Waals surface area contributed by atoms with E-state index in [0.29, 0.717) is 53.8 Å². The van der Waals surface area contributed by atoms with E-state index in [4.69, 9.17) is 21.1 Å². The Hall–Kier alpha value is -2.02. The first-order valence-electron chi connectivity index (χ1n) is 8.50. The van der Waals surface area contributed by atoms with Crippen LogP contribution in [0.1, 0.15) is 16.7 Å². The summed E-state index contributed by atoms with van der Waals surface area (Å²) in [5.74, 6) is 0.360. The lowest BCUT2D eigenvalue weighted by Gasteiger charge is -2.20. The Morgan fingerprint density at radius 3 is 2.93 bits per heavy atom. The molecule has 0 saturated carbocycles. The van der Waals surface area contributed by atoms with Gasteiger partial charge in [-0.2, -0.15) is 0 Å². The quantitative estimate of drug-likeness (QED) is 0.809. The fourth-order valence-corrected chi connectivity index (χ4v) is 3.56. The van der Waals surface area contributed by atoms with Crippen molar-refractivity contribution in [1.29, 1.82) is 0 Å². The smallest absolute Gasteiger partial charge is 0.228 e. The lowest BCUT2D eigenvalue weighted by molar-refractivity contribution is -0.115. The van der Waals surface area contributed by atoms with Crippen molar-refractivity contribution in [3.63, 3.8) is 0 Å². The third kappa shape index (κ3) is 4.13. The number of anilines is 1. The van der Waals surface area contributed by atoms with Gasteiger partial charge in [-0.25, -0.2) is 4.39 Å². The summed E-state index contributed by atoms with van der Waals surface area (Å²) in [6.07, 6.45) is 0.678. The van der Waals surface area contributed by atoms with Crippen LogP contribution < -0.4 is 20.1 Å². The zero-order chi connectivity index (χ0) is 18.1. The highest BCUT2D eigenvalue weighted by molar-refractivity contribution is 6.32. The van der Waals surface area contributed by atoms with Crippen LogP contribution in [0.5, 0.6) is 11.5 Å². The Kier molecular flexibility index (Phi) is 6.09. The summed E-state index contributed by atoms with van der Waals surface area (Å²) in [4.78, 5) is 12.4. The molecule has 0 radical (unpaired) electrons. The van der Waals surface area contributed by atoms with E-state index in [9.17, 15) is 9.18 Å². The zero-order valence-electron chi connectivity index (χ0n) is 14.4. The van der Waals surface area contributed by atoms with Crippen molar-refractivity contribution in [2.24, 2.45) is 0 Å². The molecule has 0 atom stereocenters. The minimum atomic E-state index is -0.349. The molecule has 2 N–H and O–H groups in total. The molecule has 144 valence electrons. The first-order chi connectivity index (χ1) is 12.6. The van der Waals surface area contributed by atoms with Gasteiger partial charge in [0.25, 0.3) is 0 Å². The molecule has 0 saturated heterocycles. The van der Waals surface area contributed by atoms with Gasteiger partial charge >= 0.3 is 0 Å². The molecule has 0 fully saturated rings. The molecular formula is C19H19Cl2FN2O3. The van der Waals surface area contributed by atoms with Gasteiger partial charge in [0.15, 0.2) is 11.5 Å². The number of carbonyl (C=O) groups excluding carboxylic acids is 1. The monoisotopic (exact) mass is 412 g/mol. The molecule has 0 aromatic heterocycles. The molecular weight excluding hydrogens is 394 g/mol. The molecule has 5 nitrogen and oxygen atoms in total. The Bertz CT molecular complexity index is 877. The van der Waals surface area contributed by atoms with Gasteiger partial charge in [-0.05, 0) is 47.9 Å². The molecule has 2 aliphatic rings. The second-order valence-corrected chi connectivity index (χ2v) is 6.73. The van der Waals surface area contributed by atoms with E-state index in [1.54, 1.807) is 18.2 Å². The van der Waals surface area contributed by atoms with Crippen LogP contribution in [0, 0.1) is 5.82 Å². The van der Waals surface area contributed by atoms with Crippen LogP contribution in [-0.4, -0.2) is 25.7 Å². The SMILES string of the molecule is Cl.O=C(Cc1cc(Cl)c2c(c1)OCCO2)Nc1ccc2c(c1F)CCNC2. The van der Waals surface area contributed by atoms with Crippen molar-refractivity contribution in [3.8, 4) is 11.5 Å². The molecule has 1 amide bonds. The Labute approximate surface area is 167 Å². The standard InChI is InChI=1S/C19H18ClFN2O3.ClH/c20-14-7-11(8-16-19(14)26-6-5-25-16)9-17(24)23-15-2-1-12-10-22-4-3-13(12)18(15)21;/h1-2,7-8,22H,3-6,9-10H2,(H,23,24);1H. The van der Waals surface area contributed by atoms with E-state index in [1.807, 2.05) is 6.07 Å². The molecule has 27 heavy (non-hydrogen) atoms. The number of hydrogen-bond acceptors (Lipinski definition) is 4. The number of ether oxygens (including phenoxy) is 2. The van der Waals surface area contributed by atoms with Gasteiger partial charge in [0.2, 0.25) is 5.91 Å². The minimum Gasteiger partial charge on any atom is -0.486 e. The van der Waals surface area contributed by atoms with Crippen LogP contribution >= 0.6 is 24.0 Å². The van der Waals surface area contributed by atoms with Gasteiger partial charge in [-0.3, -0.25) is 4.79 Å². The van der Waals surface area contributed by atoms with E-state index in [1.165, 1.54) is 0 Å². The molecule has 0 unspecified atom stereocenters. The van der Waals surface area contributed by atoms with Gasteiger partial charge in [0.05, 0.1) is 17.1 Å². The molecule has 2 aromatic rings. The van der Waals surface area contributed by atoms with E-state index in [0.717, 1.165) is 12.1 Å². The predicted molar refractivity (Wildman–Crippen MR) is 104 cm³/mol. The van der Waals surface area contributed by atoms with Crippen molar-refractivity contribution < 1.29 is 18.7 Å². The van der Waals surface area contributed by atoms with Crippen molar-refractivity contribution in [2.45, 2.75) is 19.4 Å². The number of rotatable bonds is 3. The van der Waals surface area contributed by atoms with E-state index in [2.05, 4.69) is 10.6 Å². The maximum absolute atomic E-state index is 14.6. The summed E-state index contributed by atoms with van der Waals surface area (Å²) in [6.45, 7) is 2.26. The summed E-state index contributed by atoms with van der Waals surface area (Å²) in [5.41, 5.74) is 2.49. The summed E-state index contributed by atoms with van der Waals surface area (Å²) < 4.78 is 25.6. The van der Waals surface area contributed by atoms with Crippen LogP contribution in [0.3, 0.4) is 0 Å². The van der Waals surface area contributed by atoms with Crippen LogP contribution in [0.15, 0.2) is 24.3 Å². The third-order valence-corrected chi connectivity index (χ3v) is 4.78. The van der Waals surface area contributed by atoms with Gasteiger partial charge in [-0.1, -0.05) is 17.7 Å². The minimum absolute atomic E-state index is 0. The predicted octanol–water partition coefficient (Wildman–Crippen LogP) is 3.50. The maximum Gasteiger partial charge on any atom is 0.228 e. The maximum atomic E-state index is 14.6. The number of carbonyl (C=O) groups is 1. The molecule has 0 aliphatic carbocycles. The third-order valence-electron chi connectivity index (χ3n) is 4.50. The van der Waals surface area contributed by atoms with Gasteiger partial charge < -0.3 is 20.1 Å². The highest BCUT2D eigenvalue weighted by Crippen LogP contribution is 2.38. The molecule has 0 bridgehead atoms. The van der Waals surface area contributed by atoms with Crippen molar-refractivity contribution >= 4 is 35.6 Å². The first kappa shape index (κ1) is 19.7. The normalized spacial score (nSPS) is 14.7. The Balaban J connectivity index is 0.00000210. The Morgan fingerprint density at radius 2 is 2.07 bits per heavy atom. The van der Waals surface area contributed by atoms with Gasteiger partial charge in [-0.15, -0.1) is 12.4 Å². The Morgan fingerprint density at radius 1 is 1.26 bits per heavy atom. The van der Waals surface area contributed by atoms with E-state index >= 15 is 0 Å². The number of hydrogen-bond donors (Lipinski definition) is 2. The van der Waals surface area contributed by atoms with Crippen molar-refractivity contribution in [3.05, 3.63) is 51.8 Å². The number of nitrogens with one attached hydrogen (secondary N) is 2. The zero-order valence-corrected chi connectivity index (χ0v) is 16.0. The second-order valence-electron chi connectivity index (χ2n) is 6.32. The van der Waals surface area contributed by atoms with E-state index < -0.39 is 0 Å². The fourth-order valence-electron chi connectivity index (χ4n) is 3.28. The lowest BCUT2D eigenvalue weighted by Crippen LogP contribution is -2.25. The molecule has 0 spiro atoms. The summed E-state index contributed by atoms with van der Waals surface area (Å²) in [5, 5.41) is 6.26. The summed E-state index contributed by atoms with van der Waals surface area (Å²) in [7, 11) is 0. The van der Waals surface area contributed by atoms with Gasteiger partial charge in [0, 0.05) is 6.54 Å². The average Bonchev–Trinajstić information content (AvgIpc) is 2.64. The van der Waals surface area contributed by atoms with Crippen LogP contribution in [0.4, 0.5) is 10.1 Å². The molecule has 2 aromatic carbocycles. The van der Waals surface area contributed by atoms with Crippen LogP contribution in [-0.2, 0) is 24.2 Å². The lowest BCUT2D eigenvalue weighted by atomic mass is 9.99. The highest BCUT2D eigenvalue weighted by atomic mass is 35.5. The largest absolute Gasteiger partial charge is 0.486 e. The fraction of sp³-hybridized carbons (Fsp3) is 0.316. The molecule has 2 aliphatic heterocycles. The van der Waals surface area contributed by atoms with E-state index in [-0.39, 0.29) is 36.2 Å². The topological polar surface area (TPSA) is 59.6 Å². The second kappa shape index (κ2) is 8.33. The van der Waals surface area contributed by atoms with Crippen LogP contribution in [0.2, 0.25) is 5.02 Å². The molecule has 4 rings (SSSR count). The molecule has 8 heteroatoms. The average molecular weight is 413 g/mol. The van der Waals surface area contributed by atoms with Crippen LogP contribution in [0.25, 0.3) is 0 Å². The van der Waals surface area contributed by atoms with Gasteiger partial charge in [0.1, 0.15) is 19.0 Å².